The van der Waals surface area contributed by atoms with Crippen LogP contribution in [0.2, 0.25) is 0 Å². The first-order valence-corrected chi connectivity index (χ1v) is 11.8. The SMILES string of the molecule is CCOC(=O)C1=C(C)N=C2SC=CN2[C@H]1c1cc(Br)ccc1OCc1cccc([N+](=O)[O-])c1. The predicted molar refractivity (Wildman–Crippen MR) is 130 cm³/mol. The summed E-state index contributed by atoms with van der Waals surface area (Å²) in [4.78, 5) is 30.1. The summed E-state index contributed by atoms with van der Waals surface area (Å²) in [5, 5.41) is 13.8. The van der Waals surface area contributed by atoms with Crippen molar-refractivity contribution in [2.45, 2.75) is 26.5 Å². The van der Waals surface area contributed by atoms with Crippen molar-refractivity contribution in [1.29, 1.82) is 0 Å². The summed E-state index contributed by atoms with van der Waals surface area (Å²) in [7, 11) is 0. The molecule has 1 atom stereocenters. The summed E-state index contributed by atoms with van der Waals surface area (Å²) < 4.78 is 12.3. The zero-order valence-corrected chi connectivity index (χ0v) is 20.3. The van der Waals surface area contributed by atoms with Gasteiger partial charge < -0.3 is 14.4 Å². The zero-order valence-electron chi connectivity index (χ0n) is 17.9. The number of halogens is 1. The van der Waals surface area contributed by atoms with Crippen LogP contribution in [0, 0.1) is 10.1 Å². The molecule has 0 saturated carbocycles. The molecule has 0 amide bonds. The lowest BCUT2D eigenvalue weighted by atomic mass is 9.94. The number of aliphatic imine (C=N–C) groups is 1. The topological polar surface area (TPSA) is 94.3 Å². The maximum absolute atomic E-state index is 12.9. The number of carbonyl (C=O) groups excluding carboxylic acids is 1. The number of allylic oxidation sites excluding steroid dienone is 1. The van der Waals surface area contributed by atoms with Crippen molar-refractivity contribution in [3.63, 3.8) is 0 Å². The maximum atomic E-state index is 12.9. The number of nitro groups is 1. The summed E-state index contributed by atoms with van der Waals surface area (Å²) in [5.74, 6) is 0.119. The Hall–Kier alpha value is -3.11. The first-order chi connectivity index (χ1) is 15.9. The molecular weight excluding hydrogens is 510 g/mol. The zero-order chi connectivity index (χ0) is 23.5. The summed E-state index contributed by atoms with van der Waals surface area (Å²) in [6.07, 6.45) is 1.88. The quantitative estimate of drug-likeness (QED) is 0.257. The average molecular weight is 530 g/mol. The second-order valence-corrected chi connectivity index (χ2v) is 9.01. The number of hydrogen-bond donors (Lipinski definition) is 0. The molecule has 0 spiro atoms. The van der Waals surface area contributed by atoms with Crippen LogP contribution in [0.1, 0.15) is 31.0 Å². The number of nitro benzene ring substituents is 1. The van der Waals surface area contributed by atoms with Crippen LogP contribution in [0.15, 0.2) is 74.8 Å². The minimum atomic E-state index is -0.500. The van der Waals surface area contributed by atoms with Gasteiger partial charge >= 0.3 is 5.97 Å². The summed E-state index contributed by atoms with van der Waals surface area (Å²) in [5.41, 5.74) is 2.44. The fourth-order valence-electron chi connectivity index (χ4n) is 3.66. The van der Waals surface area contributed by atoms with Gasteiger partial charge in [0.25, 0.3) is 5.69 Å². The molecule has 0 N–H and O–H groups in total. The van der Waals surface area contributed by atoms with Gasteiger partial charge in [0.05, 0.1) is 28.8 Å². The van der Waals surface area contributed by atoms with E-state index in [1.54, 1.807) is 26.0 Å². The Balaban J connectivity index is 1.73. The number of rotatable bonds is 7. The van der Waals surface area contributed by atoms with Crippen molar-refractivity contribution in [2.75, 3.05) is 6.61 Å². The Morgan fingerprint density at radius 3 is 2.88 bits per heavy atom. The fourth-order valence-corrected chi connectivity index (χ4v) is 4.83. The third-order valence-corrected chi connectivity index (χ3v) is 6.36. The molecule has 0 unspecified atom stereocenters. The van der Waals surface area contributed by atoms with Crippen molar-refractivity contribution >= 4 is 44.5 Å². The molecule has 0 aliphatic carbocycles. The number of hydrogen-bond acceptors (Lipinski definition) is 8. The van der Waals surface area contributed by atoms with Crippen LogP contribution in [-0.4, -0.2) is 27.6 Å². The highest BCUT2D eigenvalue weighted by atomic mass is 79.9. The number of ether oxygens (including phenoxy) is 2. The van der Waals surface area contributed by atoms with Gasteiger partial charge in [-0.1, -0.05) is 39.8 Å². The number of fused-ring (bicyclic) bond motifs is 1. The van der Waals surface area contributed by atoms with Crippen LogP contribution >= 0.6 is 27.7 Å². The molecule has 2 aromatic carbocycles. The maximum Gasteiger partial charge on any atom is 0.338 e. The molecular formula is C23H20BrN3O5S. The van der Waals surface area contributed by atoms with E-state index >= 15 is 0 Å². The first-order valence-electron chi connectivity index (χ1n) is 10.1. The minimum absolute atomic E-state index is 0.00245. The highest BCUT2D eigenvalue weighted by Crippen LogP contribution is 2.44. The lowest BCUT2D eigenvalue weighted by molar-refractivity contribution is -0.384. The molecule has 33 heavy (non-hydrogen) atoms. The number of benzene rings is 2. The largest absolute Gasteiger partial charge is 0.489 e. The molecule has 2 aliphatic rings. The van der Waals surface area contributed by atoms with E-state index < -0.39 is 16.9 Å². The van der Waals surface area contributed by atoms with Crippen LogP contribution in [0.25, 0.3) is 0 Å². The monoisotopic (exact) mass is 529 g/mol. The van der Waals surface area contributed by atoms with E-state index in [1.807, 2.05) is 34.7 Å². The van der Waals surface area contributed by atoms with E-state index in [-0.39, 0.29) is 18.9 Å². The summed E-state index contributed by atoms with van der Waals surface area (Å²) >= 11 is 5.00. The van der Waals surface area contributed by atoms with Gasteiger partial charge in [-0.05, 0) is 43.0 Å². The van der Waals surface area contributed by atoms with Gasteiger partial charge in [0.15, 0.2) is 5.17 Å². The lowest BCUT2D eigenvalue weighted by Gasteiger charge is -2.34. The number of carbonyl (C=O) groups is 1. The molecule has 0 fully saturated rings. The van der Waals surface area contributed by atoms with Gasteiger partial charge in [-0.3, -0.25) is 10.1 Å². The van der Waals surface area contributed by atoms with Crippen LogP contribution in [0.3, 0.4) is 0 Å². The molecule has 8 nitrogen and oxygen atoms in total. The van der Waals surface area contributed by atoms with Crippen molar-refractivity contribution < 1.29 is 19.2 Å². The van der Waals surface area contributed by atoms with Crippen molar-refractivity contribution in [1.82, 2.24) is 4.90 Å². The van der Waals surface area contributed by atoms with Crippen molar-refractivity contribution in [3.05, 3.63) is 91.1 Å². The molecule has 10 heteroatoms. The normalized spacial score (nSPS) is 17.0. The number of amidine groups is 1. The third kappa shape index (κ3) is 4.81. The Morgan fingerprint density at radius 1 is 1.30 bits per heavy atom. The molecule has 2 aromatic rings. The highest BCUT2D eigenvalue weighted by Gasteiger charge is 2.39. The molecule has 0 aromatic heterocycles. The number of thioether (sulfide) groups is 1. The van der Waals surface area contributed by atoms with E-state index in [2.05, 4.69) is 20.9 Å². The van der Waals surface area contributed by atoms with Gasteiger partial charge in [-0.2, -0.15) is 0 Å². The highest BCUT2D eigenvalue weighted by molar-refractivity contribution is 9.10. The van der Waals surface area contributed by atoms with Crippen LogP contribution < -0.4 is 4.74 Å². The molecule has 2 aliphatic heterocycles. The standard InChI is InChI=1S/C23H20BrN3O5S/c1-3-31-22(28)20-14(2)25-23-26(9-10-33-23)21(20)18-12-16(24)7-8-19(18)32-13-15-5-4-6-17(11-15)27(29)30/h4-12,21H,3,13H2,1-2H3/t21-/m0/s1. The van der Waals surface area contributed by atoms with E-state index in [0.717, 1.165) is 15.2 Å². The van der Waals surface area contributed by atoms with E-state index in [9.17, 15) is 14.9 Å². The Labute approximate surface area is 203 Å². The fraction of sp³-hybridized carbons (Fsp3) is 0.217. The molecule has 4 rings (SSSR count). The van der Waals surface area contributed by atoms with Crippen LogP contribution in [-0.2, 0) is 16.1 Å². The molecule has 0 saturated heterocycles. The second kappa shape index (κ2) is 9.80. The average Bonchev–Trinajstić information content (AvgIpc) is 3.25. The van der Waals surface area contributed by atoms with Crippen LogP contribution in [0.5, 0.6) is 5.75 Å². The Kier molecular flexibility index (Phi) is 6.85. The summed E-state index contributed by atoms with van der Waals surface area (Å²) in [6, 6.07) is 11.4. The minimum Gasteiger partial charge on any atom is -0.489 e. The number of nitrogens with zero attached hydrogens (tertiary/aromatic N) is 3. The van der Waals surface area contributed by atoms with Gasteiger partial charge in [0, 0.05) is 28.4 Å². The van der Waals surface area contributed by atoms with Crippen molar-refractivity contribution in [3.8, 4) is 5.75 Å². The third-order valence-electron chi connectivity index (χ3n) is 5.10. The Bertz CT molecular complexity index is 1210. The van der Waals surface area contributed by atoms with E-state index in [0.29, 0.717) is 22.6 Å². The first kappa shape index (κ1) is 23.1. The number of non-ortho nitro benzene ring substituents is 1. The Morgan fingerprint density at radius 2 is 2.12 bits per heavy atom. The van der Waals surface area contributed by atoms with Gasteiger partial charge in [-0.15, -0.1) is 0 Å². The lowest BCUT2D eigenvalue weighted by Crippen LogP contribution is -2.34. The van der Waals surface area contributed by atoms with Gasteiger partial charge in [0.2, 0.25) is 0 Å². The van der Waals surface area contributed by atoms with Gasteiger partial charge in [0.1, 0.15) is 12.4 Å². The number of esters is 1. The van der Waals surface area contributed by atoms with E-state index in [4.69, 9.17) is 9.47 Å². The van der Waals surface area contributed by atoms with Crippen molar-refractivity contribution in [2.24, 2.45) is 4.99 Å². The second-order valence-electron chi connectivity index (χ2n) is 7.22. The smallest absolute Gasteiger partial charge is 0.338 e. The van der Waals surface area contributed by atoms with E-state index in [1.165, 1.54) is 23.9 Å². The molecule has 2 heterocycles. The molecule has 0 radical (unpaired) electrons. The summed E-state index contributed by atoms with van der Waals surface area (Å²) in [6.45, 7) is 3.94. The van der Waals surface area contributed by atoms with Gasteiger partial charge in [-0.25, -0.2) is 9.79 Å². The van der Waals surface area contributed by atoms with Crippen LogP contribution in [0.4, 0.5) is 5.69 Å². The molecule has 170 valence electrons. The predicted octanol–water partition coefficient (Wildman–Crippen LogP) is 5.70. The molecule has 0 bridgehead atoms.